The van der Waals surface area contributed by atoms with Crippen LogP contribution in [0.1, 0.15) is 34.6 Å². The van der Waals surface area contributed by atoms with Crippen molar-refractivity contribution in [1.29, 1.82) is 0 Å². The molecule has 0 rings (SSSR count). The van der Waals surface area contributed by atoms with E-state index >= 15 is 0 Å². The molecule has 0 amide bonds. The van der Waals surface area contributed by atoms with E-state index in [0.717, 1.165) is 6.92 Å². The minimum absolute atomic E-state index is 0.715. The third-order valence-corrected chi connectivity index (χ3v) is 0.899. The molecular formula is C11H24O7S. The first-order valence-electron chi connectivity index (χ1n) is 5.21. The van der Waals surface area contributed by atoms with Crippen LogP contribution < -0.4 is 0 Å². The van der Waals surface area contributed by atoms with Gasteiger partial charge in [-0.1, -0.05) is 12.2 Å². The number of hydrogen-bond acceptors (Lipinski definition) is 5. The van der Waals surface area contributed by atoms with Gasteiger partial charge in [-0.05, 0) is 27.7 Å². The van der Waals surface area contributed by atoms with Crippen molar-refractivity contribution in [3.63, 3.8) is 0 Å². The van der Waals surface area contributed by atoms with Crippen LogP contribution in [0.25, 0.3) is 0 Å². The fourth-order valence-corrected chi connectivity index (χ4v) is 0.408. The minimum Gasteiger partial charge on any atom is -0.481 e. The maximum atomic E-state index is 9.19. The molecule has 116 valence electrons. The maximum Gasteiger partial charge on any atom is 0.300 e. The molecule has 0 saturated carbocycles. The quantitative estimate of drug-likeness (QED) is 0.435. The van der Waals surface area contributed by atoms with Gasteiger partial charge in [0.2, 0.25) is 0 Å². The molecule has 7 nitrogen and oxygen atoms in total. The summed E-state index contributed by atoms with van der Waals surface area (Å²) in [7, 11) is -3.67. The Hall–Kier alpha value is -0.960. The normalized spacial score (nSPS) is 12.1. The lowest BCUT2D eigenvalue weighted by molar-refractivity contribution is -0.134. The van der Waals surface area contributed by atoms with Crippen molar-refractivity contribution in [2.45, 2.75) is 45.8 Å². The molecule has 0 atom stereocenters. The molecule has 0 aromatic heterocycles. The third kappa shape index (κ3) is 106. The summed E-state index contributed by atoms with van der Waals surface area (Å²) in [6.45, 7) is 7.73. The van der Waals surface area contributed by atoms with Crippen LogP contribution in [0.4, 0.5) is 0 Å². The Morgan fingerprint density at radius 3 is 1.16 bits per heavy atom. The van der Waals surface area contributed by atoms with Crippen molar-refractivity contribution in [3.05, 3.63) is 12.2 Å². The maximum absolute atomic E-state index is 9.19. The third-order valence-electron chi connectivity index (χ3n) is 0.899. The first-order chi connectivity index (χ1) is 7.94. The van der Waals surface area contributed by atoms with Gasteiger partial charge in [0.25, 0.3) is 16.1 Å². The number of aliphatic hydroxyl groups is 2. The zero-order valence-corrected chi connectivity index (χ0v) is 12.9. The van der Waals surface area contributed by atoms with Gasteiger partial charge in [0, 0.05) is 6.92 Å². The van der Waals surface area contributed by atoms with E-state index in [4.69, 9.17) is 14.5 Å². The van der Waals surface area contributed by atoms with Crippen LogP contribution >= 0.6 is 0 Å². The second-order valence-electron chi connectivity index (χ2n) is 4.89. The van der Waals surface area contributed by atoms with Crippen LogP contribution in [0.2, 0.25) is 0 Å². The molecule has 0 saturated heterocycles. The Morgan fingerprint density at radius 2 is 1.11 bits per heavy atom. The molecule has 0 spiro atoms. The summed E-state index contributed by atoms with van der Waals surface area (Å²) in [6.07, 6.45) is 3.87. The van der Waals surface area contributed by atoms with Crippen LogP contribution in [0, 0.1) is 0 Å². The summed E-state index contributed by atoms with van der Waals surface area (Å²) in [6, 6.07) is 0. The van der Waals surface area contributed by atoms with Crippen LogP contribution in [0.15, 0.2) is 12.2 Å². The van der Waals surface area contributed by atoms with E-state index in [-0.39, 0.29) is 0 Å². The summed E-state index contributed by atoms with van der Waals surface area (Å²) in [5.74, 6) is -0.833. The van der Waals surface area contributed by atoms with E-state index in [1.54, 1.807) is 39.8 Å². The molecule has 4 N–H and O–H groups in total. The minimum atomic E-state index is -3.67. The lowest BCUT2D eigenvalue weighted by Crippen LogP contribution is -2.19. The summed E-state index contributed by atoms with van der Waals surface area (Å²) in [5.41, 5.74) is -1.67. The number of rotatable bonds is 2. The number of aliphatic carboxylic acids is 1. The Morgan fingerprint density at radius 1 is 1.00 bits per heavy atom. The highest BCUT2D eigenvalue weighted by molar-refractivity contribution is 7.85. The highest BCUT2D eigenvalue weighted by Gasteiger charge is 2.11. The van der Waals surface area contributed by atoms with Crippen LogP contribution in [-0.2, 0) is 14.9 Å². The van der Waals surface area contributed by atoms with Crippen molar-refractivity contribution < 1.29 is 33.1 Å². The fourth-order valence-electron chi connectivity index (χ4n) is 0.408. The van der Waals surface area contributed by atoms with E-state index < -0.39 is 27.3 Å². The molecule has 0 aromatic carbocycles. The van der Waals surface area contributed by atoms with Crippen molar-refractivity contribution in [3.8, 4) is 0 Å². The lowest BCUT2D eigenvalue weighted by atomic mass is 10.0. The summed E-state index contributed by atoms with van der Waals surface area (Å²) in [4.78, 5) is 9.00. The fraction of sp³-hybridized carbons (Fsp3) is 0.727. The zero-order valence-electron chi connectivity index (χ0n) is 12.1. The molecule has 8 heteroatoms. The van der Waals surface area contributed by atoms with Crippen LogP contribution in [0.5, 0.6) is 0 Å². The Balaban J connectivity index is -0.000000238. The summed E-state index contributed by atoms with van der Waals surface area (Å²) in [5, 5.41) is 25.8. The Kier molecular flexibility index (Phi) is 11.0. The van der Waals surface area contributed by atoms with Crippen LogP contribution in [-0.4, -0.2) is 51.7 Å². The number of carbonyl (C=O) groups is 1. The molecule has 0 fully saturated rings. The van der Waals surface area contributed by atoms with Gasteiger partial charge in [-0.2, -0.15) is 8.42 Å². The van der Waals surface area contributed by atoms with Gasteiger partial charge in [-0.25, -0.2) is 0 Å². The second kappa shape index (κ2) is 9.03. The molecule has 0 bridgehead atoms. The Bertz CT molecular complexity index is 341. The number of hydrogen-bond donors (Lipinski definition) is 4. The van der Waals surface area contributed by atoms with E-state index in [9.17, 15) is 18.6 Å². The van der Waals surface area contributed by atoms with E-state index in [2.05, 4.69) is 0 Å². The smallest absolute Gasteiger partial charge is 0.300 e. The highest BCUT2D eigenvalue weighted by atomic mass is 32.2. The van der Waals surface area contributed by atoms with Gasteiger partial charge in [0.15, 0.2) is 0 Å². The molecule has 19 heavy (non-hydrogen) atoms. The molecule has 0 unspecified atom stereocenters. The second-order valence-corrected chi connectivity index (χ2v) is 6.36. The summed E-state index contributed by atoms with van der Waals surface area (Å²) >= 11 is 0. The van der Waals surface area contributed by atoms with Gasteiger partial charge < -0.3 is 15.3 Å². The van der Waals surface area contributed by atoms with Crippen molar-refractivity contribution in [2.24, 2.45) is 0 Å². The molecule has 0 aliphatic rings. The SMILES string of the molecule is CC(=O)O.CC(C)(O)C=CC(C)(C)O.CS(=O)(=O)O. The first-order valence-corrected chi connectivity index (χ1v) is 7.06. The van der Waals surface area contributed by atoms with Crippen molar-refractivity contribution >= 4 is 16.1 Å². The first kappa shape index (κ1) is 23.2. The predicted molar refractivity (Wildman–Crippen MR) is 72.5 cm³/mol. The Labute approximate surface area is 114 Å². The zero-order chi connectivity index (χ0) is 16.5. The van der Waals surface area contributed by atoms with Gasteiger partial charge >= 0.3 is 0 Å². The number of carboxylic acid groups (broad SMARTS) is 1. The largest absolute Gasteiger partial charge is 0.481 e. The van der Waals surface area contributed by atoms with Gasteiger partial charge in [0.1, 0.15) is 0 Å². The molecule has 0 aromatic rings. The summed E-state index contributed by atoms with van der Waals surface area (Å²) < 4.78 is 25.9. The predicted octanol–water partition coefficient (Wildman–Crippen LogP) is 0.679. The lowest BCUT2D eigenvalue weighted by Gasteiger charge is -2.15. The van der Waals surface area contributed by atoms with Gasteiger partial charge in [-0.3, -0.25) is 9.35 Å². The molecule has 0 heterocycles. The standard InChI is InChI=1S/C8H16O2.C2H4O2.CH4O3S/c1-7(2,9)5-6-8(3,4)10;1-2(3)4;1-5(2,3)4/h5-6,9-10H,1-4H3;1H3,(H,3,4);1H3,(H,2,3,4). The molecule has 0 radical (unpaired) electrons. The topological polar surface area (TPSA) is 132 Å². The van der Waals surface area contributed by atoms with Gasteiger partial charge in [0.05, 0.1) is 17.5 Å². The highest BCUT2D eigenvalue weighted by Crippen LogP contribution is 2.08. The molecule has 0 aliphatic heterocycles. The van der Waals surface area contributed by atoms with Crippen LogP contribution in [0.3, 0.4) is 0 Å². The molecule has 0 aliphatic carbocycles. The monoisotopic (exact) mass is 300 g/mol. The average Bonchev–Trinajstić information content (AvgIpc) is 1.93. The van der Waals surface area contributed by atoms with E-state index in [1.807, 2.05) is 0 Å². The number of carboxylic acids is 1. The average molecular weight is 300 g/mol. The van der Waals surface area contributed by atoms with Crippen molar-refractivity contribution in [1.82, 2.24) is 0 Å². The van der Waals surface area contributed by atoms with E-state index in [0.29, 0.717) is 6.26 Å². The van der Waals surface area contributed by atoms with Crippen molar-refractivity contribution in [2.75, 3.05) is 6.26 Å². The molecular weight excluding hydrogens is 276 g/mol. The van der Waals surface area contributed by atoms with E-state index in [1.165, 1.54) is 0 Å². The van der Waals surface area contributed by atoms with Gasteiger partial charge in [-0.15, -0.1) is 0 Å².